The standard InChI is InChI=1S/C18H24N2O2/c1-13-17(14(2)22-19-13)12-20-10-5-4-9-18(20)15-7-6-8-16(11-15)21-3/h6-8,11,18H,4-5,9-10,12H2,1-3H3/t18-/m0/s1. The summed E-state index contributed by atoms with van der Waals surface area (Å²) in [6.45, 7) is 6.05. The lowest BCUT2D eigenvalue weighted by atomic mass is 9.94. The molecule has 22 heavy (non-hydrogen) atoms. The Morgan fingerprint density at radius 3 is 2.91 bits per heavy atom. The normalized spacial score (nSPS) is 19.3. The number of hydrogen-bond donors (Lipinski definition) is 0. The van der Waals surface area contributed by atoms with E-state index < -0.39 is 0 Å². The Bertz CT molecular complexity index is 616. The van der Waals surface area contributed by atoms with E-state index in [4.69, 9.17) is 9.26 Å². The first-order valence-corrected chi connectivity index (χ1v) is 7.99. The second-order valence-electron chi connectivity index (χ2n) is 6.06. The molecule has 0 amide bonds. The number of rotatable bonds is 4. The maximum atomic E-state index is 5.38. The Kier molecular flexibility index (Phi) is 4.48. The summed E-state index contributed by atoms with van der Waals surface area (Å²) in [7, 11) is 1.72. The van der Waals surface area contributed by atoms with Crippen LogP contribution in [-0.4, -0.2) is 23.7 Å². The molecule has 1 aliphatic rings. The van der Waals surface area contributed by atoms with E-state index >= 15 is 0 Å². The minimum Gasteiger partial charge on any atom is -0.497 e. The fraction of sp³-hybridized carbons (Fsp3) is 0.500. The summed E-state index contributed by atoms with van der Waals surface area (Å²) in [4.78, 5) is 2.55. The fourth-order valence-electron chi connectivity index (χ4n) is 3.34. The fourth-order valence-corrected chi connectivity index (χ4v) is 3.34. The van der Waals surface area contributed by atoms with Crippen LogP contribution in [-0.2, 0) is 6.54 Å². The zero-order valence-corrected chi connectivity index (χ0v) is 13.6. The minimum absolute atomic E-state index is 0.442. The summed E-state index contributed by atoms with van der Waals surface area (Å²) in [5.41, 5.74) is 3.58. The Balaban J connectivity index is 1.84. The van der Waals surface area contributed by atoms with Crippen molar-refractivity contribution in [3.05, 3.63) is 46.8 Å². The molecule has 1 saturated heterocycles. The molecular weight excluding hydrogens is 276 g/mol. The van der Waals surface area contributed by atoms with Gasteiger partial charge in [-0.3, -0.25) is 4.90 Å². The molecule has 0 spiro atoms. The molecule has 0 saturated carbocycles. The van der Waals surface area contributed by atoms with Crippen LogP contribution in [0.4, 0.5) is 0 Å². The van der Waals surface area contributed by atoms with E-state index in [1.165, 1.54) is 30.4 Å². The Hall–Kier alpha value is -1.81. The number of methoxy groups -OCH3 is 1. The van der Waals surface area contributed by atoms with Gasteiger partial charge in [0, 0.05) is 18.2 Å². The number of hydrogen-bond acceptors (Lipinski definition) is 4. The van der Waals surface area contributed by atoms with Gasteiger partial charge >= 0.3 is 0 Å². The summed E-state index contributed by atoms with van der Waals surface area (Å²) in [6, 6.07) is 8.90. The molecule has 0 aliphatic carbocycles. The van der Waals surface area contributed by atoms with Crippen LogP contribution in [0.25, 0.3) is 0 Å². The van der Waals surface area contributed by atoms with Crippen LogP contribution >= 0.6 is 0 Å². The third-order valence-corrected chi connectivity index (χ3v) is 4.63. The van der Waals surface area contributed by atoms with Crippen LogP contribution in [0.1, 0.15) is 47.9 Å². The first kappa shape index (κ1) is 15.1. The van der Waals surface area contributed by atoms with E-state index in [1.807, 2.05) is 19.9 Å². The second kappa shape index (κ2) is 6.53. The Labute approximate surface area is 132 Å². The van der Waals surface area contributed by atoms with Gasteiger partial charge < -0.3 is 9.26 Å². The number of aromatic nitrogens is 1. The second-order valence-corrected chi connectivity index (χ2v) is 6.06. The van der Waals surface area contributed by atoms with E-state index in [9.17, 15) is 0 Å². The SMILES string of the molecule is COc1cccc([C@@H]2CCCCN2Cc2c(C)noc2C)c1. The summed E-state index contributed by atoms with van der Waals surface area (Å²) in [6.07, 6.45) is 3.72. The topological polar surface area (TPSA) is 38.5 Å². The van der Waals surface area contributed by atoms with Crippen molar-refractivity contribution in [3.63, 3.8) is 0 Å². The molecule has 0 unspecified atom stereocenters. The molecule has 3 rings (SSSR count). The maximum Gasteiger partial charge on any atom is 0.138 e. The van der Waals surface area contributed by atoms with Gasteiger partial charge in [-0.25, -0.2) is 0 Å². The lowest BCUT2D eigenvalue weighted by molar-refractivity contribution is 0.139. The molecular formula is C18H24N2O2. The van der Waals surface area contributed by atoms with Crippen LogP contribution in [0.3, 0.4) is 0 Å². The highest BCUT2D eigenvalue weighted by Gasteiger charge is 2.26. The number of benzene rings is 1. The summed E-state index contributed by atoms with van der Waals surface area (Å²) < 4.78 is 10.7. The lowest BCUT2D eigenvalue weighted by Gasteiger charge is -2.36. The van der Waals surface area contributed by atoms with Gasteiger partial charge in [0.1, 0.15) is 11.5 Å². The lowest BCUT2D eigenvalue weighted by Crippen LogP contribution is -2.33. The van der Waals surface area contributed by atoms with E-state index in [1.54, 1.807) is 7.11 Å². The average molecular weight is 300 g/mol. The highest BCUT2D eigenvalue weighted by molar-refractivity contribution is 5.31. The minimum atomic E-state index is 0.442. The quantitative estimate of drug-likeness (QED) is 0.854. The van der Waals surface area contributed by atoms with Gasteiger partial charge in [-0.1, -0.05) is 23.7 Å². The monoisotopic (exact) mass is 300 g/mol. The molecule has 4 nitrogen and oxygen atoms in total. The van der Waals surface area contributed by atoms with Crippen molar-refractivity contribution in [1.29, 1.82) is 0 Å². The zero-order valence-electron chi connectivity index (χ0n) is 13.6. The van der Waals surface area contributed by atoms with E-state index in [2.05, 4.69) is 28.3 Å². The molecule has 2 heterocycles. The number of aryl methyl sites for hydroxylation is 2. The van der Waals surface area contributed by atoms with Crippen molar-refractivity contribution in [2.75, 3.05) is 13.7 Å². The van der Waals surface area contributed by atoms with Crippen LogP contribution in [0.2, 0.25) is 0 Å². The molecule has 1 aromatic heterocycles. The van der Waals surface area contributed by atoms with Crippen molar-refractivity contribution in [1.82, 2.24) is 10.1 Å². The molecule has 1 aliphatic heterocycles. The predicted molar refractivity (Wildman–Crippen MR) is 86.0 cm³/mol. The van der Waals surface area contributed by atoms with Crippen molar-refractivity contribution in [3.8, 4) is 5.75 Å². The van der Waals surface area contributed by atoms with Gasteiger partial charge in [-0.05, 0) is 50.9 Å². The van der Waals surface area contributed by atoms with Gasteiger partial charge in [0.2, 0.25) is 0 Å². The van der Waals surface area contributed by atoms with E-state index in [-0.39, 0.29) is 0 Å². The van der Waals surface area contributed by atoms with Gasteiger partial charge in [-0.2, -0.15) is 0 Å². The van der Waals surface area contributed by atoms with Crippen molar-refractivity contribution >= 4 is 0 Å². The summed E-state index contributed by atoms with van der Waals surface area (Å²) in [5.74, 6) is 1.87. The molecule has 1 aromatic carbocycles. The van der Waals surface area contributed by atoms with Gasteiger partial charge in [0.15, 0.2) is 0 Å². The molecule has 4 heteroatoms. The molecule has 1 atom stereocenters. The Morgan fingerprint density at radius 1 is 1.32 bits per heavy atom. The van der Waals surface area contributed by atoms with E-state index in [0.717, 1.165) is 30.3 Å². The third kappa shape index (κ3) is 3.02. The van der Waals surface area contributed by atoms with Gasteiger partial charge in [-0.15, -0.1) is 0 Å². The smallest absolute Gasteiger partial charge is 0.138 e. The van der Waals surface area contributed by atoms with Crippen LogP contribution in [0.15, 0.2) is 28.8 Å². The zero-order chi connectivity index (χ0) is 15.5. The number of nitrogens with zero attached hydrogens (tertiary/aromatic N) is 2. The molecule has 0 N–H and O–H groups in total. The first-order valence-electron chi connectivity index (χ1n) is 7.99. The van der Waals surface area contributed by atoms with Crippen molar-refractivity contribution in [2.24, 2.45) is 0 Å². The first-order chi connectivity index (χ1) is 10.7. The van der Waals surface area contributed by atoms with Gasteiger partial charge in [0.05, 0.1) is 12.8 Å². The van der Waals surface area contributed by atoms with Crippen molar-refractivity contribution < 1.29 is 9.26 Å². The Morgan fingerprint density at radius 2 is 2.18 bits per heavy atom. The molecule has 2 aromatic rings. The van der Waals surface area contributed by atoms with E-state index in [0.29, 0.717) is 6.04 Å². The summed E-state index contributed by atoms with van der Waals surface area (Å²) in [5, 5.41) is 4.09. The largest absolute Gasteiger partial charge is 0.497 e. The third-order valence-electron chi connectivity index (χ3n) is 4.63. The molecule has 118 valence electrons. The number of ether oxygens (including phenoxy) is 1. The highest BCUT2D eigenvalue weighted by Crippen LogP contribution is 2.34. The summed E-state index contributed by atoms with van der Waals surface area (Å²) >= 11 is 0. The highest BCUT2D eigenvalue weighted by atomic mass is 16.5. The number of likely N-dealkylation sites (tertiary alicyclic amines) is 1. The molecule has 1 fully saturated rings. The van der Waals surface area contributed by atoms with Crippen molar-refractivity contribution in [2.45, 2.75) is 45.7 Å². The maximum absolute atomic E-state index is 5.38. The van der Waals surface area contributed by atoms with Crippen LogP contribution < -0.4 is 4.74 Å². The van der Waals surface area contributed by atoms with Crippen LogP contribution in [0.5, 0.6) is 5.75 Å². The van der Waals surface area contributed by atoms with Crippen LogP contribution in [0, 0.1) is 13.8 Å². The predicted octanol–water partition coefficient (Wildman–Crippen LogP) is 4.03. The average Bonchev–Trinajstić information content (AvgIpc) is 2.87. The van der Waals surface area contributed by atoms with Gasteiger partial charge in [0.25, 0.3) is 0 Å². The number of piperidine rings is 1. The molecule has 0 bridgehead atoms. The molecule has 0 radical (unpaired) electrons.